The summed E-state index contributed by atoms with van der Waals surface area (Å²) in [5.41, 5.74) is 6.22. The number of aromatic amines is 1. The zero-order valence-corrected chi connectivity index (χ0v) is 11.8. The number of halogens is 1. The van der Waals surface area contributed by atoms with E-state index >= 15 is 0 Å². The lowest BCUT2D eigenvalue weighted by Crippen LogP contribution is -2.27. The van der Waals surface area contributed by atoms with E-state index in [-0.39, 0.29) is 10.6 Å². The third kappa shape index (κ3) is 2.81. The second-order valence-electron chi connectivity index (χ2n) is 4.51. The highest BCUT2D eigenvalue weighted by atomic mass is 32.2. The van der Waals surface area contributed by atoms with Crippen molar-refractivity contribution in [2.24, 2.45) is 0 Å². The minimum absolute atomic E-state index is 0.0354. The molecule has 0 aliphatic carbocycles. The minimum Gasteiger partial charge on any atom is -0.396 e. The van der Waals surface area contributed by atoms with E-state index in [9.17, 15) is 12.8 Å². The number of hydrogen-bond donors (Lipinski definition) is 3. The zero-order chi connectivity index (χ0) is 14.9. The number of H-pyrrole nitrogens is 1. The Bertz CT molecular complexity index is 713. The van der Waals surface area contributed by atoms with Crippen molar-refractivity contribution in [2.75, 3.05) is 5.73 Å². The molecule has 0 amide bonds. The summed E-state index contributed by atoms with van der Waals surface area (Å²) in [5, 5.41) is 6.37. The highest BCUT2D eigenvalue weighted by Gasteiger charge is 2.22. The molecule has 2 aromatic rings. The first-order valence-corrected chi connectivity index (χ1v) is 7.36. The number of nitrogens with two attached hydrogens (primary N) is 1. The third-order valence-electron chi connectivity index (χ3n) is 2.94. The van der Waals surface area contributed by atoms with Crippen LogP contribution in [0.3, 0.4) is 0 Å². The van der Waals surface area contributed by atoms with Crippen LogP contribution in [0.2, 0.25) is 0 Å². The summed E-state index contributed by atoms with van der Waals surface area (Å²) >= 11 is 0. The van der Waals surface area contributed by atoms with Crippen LogP contribution in [0.15, 0.2) is 29.4 Å². The van der Waals surface area contributed by atoms with Gasteiger partial charge in [0, 0.05) is 17.8 Å². The molecule has 1 aromatic carbocycles. The third-order valence-corrected chi connectivity index (χ3v) is 4.62. The number of nitrogens with zero attached hydrogens (tertiary/aromatic N) is 1. The monoisotopic (exact) mass is 298 g/mol. The number of anilines is 1. The van der Waals surface area contributed by atoms with Gasteiger partial charge in [0.1, 0.15) is 5.82 Å². The van der Waals surface area contributed by atoms with E-state index in [1.54, 1.807) is 13.1 Å². The number of rotatable bonds is 4. The van der Waals surface area contributed by atoms with E-state index in [0.29, 0.717) is 11.1 Å². The van der Waals surface area contributed by atoms with Crippen molar-refractivity contribution < 1.29 is 12.8 Å². The van der Waals surface area contributed by atoms with Gasteiger partial charge >= 0.3 is 0 Å². The van der Waals surface area contributed by atoms with E-state index in [2.05, 4.69) is 14.9 Å². The second-order valence-corrected chi connectivity index (χ2v) is 6.20. The zero-order valence-electron chi connectivity index (χ0n) is 11.0. The lowest BCUT2D eigenvalue weighted by molar-refractivity contribution is 0.565. The van der Waals surface area contributed by atoms with Gasteiger partial charge in [0.05, 0.1) is 16.8 Å². The first-order valence-electron chi connectivity index (χ1n) is 5.88. The molecule has 0 spiro atoms. The molecule has 6 nitrogen and oxygen atoms in total. The van der Waals surface area contributed by atoms with E-state index in [0.717, 1.165) is 12.1 Å². The molecule has 0 bridgehead atoms. The summed E-state index contributed by atoms with van der Waals surface area (Å²) in [6.45, 7) is 3.20. The van der Waals surface area contributed by atoms with Crippen LogP contribution in [0, 0.1) is 12.7 Å². The summed E-state index contributed by atoms with van der Waals surface area (Å²) in [7, 11) is -3.79. The van der Waals surface area contributed by atoms with Crippen LogP contribution in [0.5, 0.6) is 0 Å². The van der Waals surface area contributed by atoms with Crippen molar-refractivity contribution in [1.29, 1.82) is 0 Å². The van der Waals surface area contributed by atoms with Gasteiger partial charge in [-0.05, 0) is 31.5 Å². The van der Waals surface area contributed by atoms with E-state index < -0.39 is 21.9 Å². The topological polar surface area (TPSA) is 101 Å². The van der Waals surface area contributed by atoms with Crippen LogP contribution >= 0.6 is 0 Å². The Kier molecular flexibility index (Phi) is 3.78. The van der Waals surface area contributed by atoms with Gasteiger partial charge in [0.2, 0.25) is 10.0 Å². The molecule has 8 heteroatoms. The predicted octanol–water partition coefficient (Wildman–Crippen LogP) is 1.48. The molecule has 4 N–H and O–H groups in total. The maximum atomic E-state index is 13.3. The van der Waals surface area contributed by atoms with Crippen LogP contribution in [-0.4, -0.2) is 18.6 Å². The molecule has 0 saturated heterocycles. The first-order chi connectivity index (χ1) is 9.31. The van der Waals surface area contributed by atoms with Crippen LogP contribution in [-0.2, 0) is 10.0 Å². The van der Waals surface area contributed by atoms with Crippen LogP contribution < -0.4 is 10.5 Å². The maximum absolute atomic E-state index is 13.3. The molecule has 0 aliphatic rings. The van der Waals surface area contributed by atoms with Crippen LogP contribution in [0.25, 0.3) is 0 Å². The Morgan fingerprint density at radius 3 is 2.75 bits per heavy atom. The fraction of sp³-hybridized carbons (Fsp3) is 0.250. The molecule has 1 unspecified atom stereocenters. The molecule has 1 atom stereocenters. The van der Waals surface area contributed by atoms with Gasteiger partial charge < -0.3 is 5.73 Å². The Labute approximate surface area is 116 Å². The number of benzene rings is 1. The largest absolute Gasteiger partial charge is 0.396 e. The number of nitrogen functional groups attached to an aromatic ring is 1. The van der Waals surface area contributed by atoms with Crippen LogP contribution in [0.4, 0.5) is 10.1 Å². The smallest absolute Gasteiger partial charge is 0.241 e. The van der Waals surface area contributed by atoms with Gasteiger partial charge in [-0.2, -0.15) is 5.10 Å². The molecule has 2 rings (SSSR count). The van der Waals surface area contributed by atoms with Gasteiger partial charge in [-0.25, -0.2) is 17.5 Å². The van der Waals surface area contributed by atoms with Gasteiger partial charge in [-0.3, -0.25) is 5.10 Å². The Hall–Kier alpha value is -1.93. The molecular weight excluding hydrogens is 283 g/mol. The lowest BCUT2D eigenvalue weighted by atomic mass is 10.2. The molecule has 0 saturated carbocycles. The fourth-order valence-electron chi connectivity index (χ4n) is 1.82. The predicted molar refractivity (Wildman–Crippen MR) is 72.9 cm³/mol. The van der Waals surface area contributed by atoms with Gasteiger partial charge in [0.25, 0.3) is 0 Å². The van der Waals surface area contributed by atoms with E-state index in [4.69, 9.17) is 5.73 Å². The van der Waals surface area contributed by atoms with Gasteiger partial charge in [-0.15, -0.1) is 0 Å². The van der Waals surface area contributed by atoms with Gasteiger partial charge in [0.15, 0.2) is 0 Å². The number of aryl methyl sites for hydroxylation is 1. The standard InChI is InChI=1S/C12H15FN4O2S/c1-7-3-10(13)11(14)4-12(7)20(18,19)17-8(2)9-5-15-16-6-9/h3-6,8,17H,14H2,1-2H3,(H,15,16). The molecule has 108 valence electrons. The van der Waals surface area contributed by atoms with Crippen molar-refractivity contribution in [3.05, 3.63) is 41.5 Å². The van der Waals surface area contributed by atoms with Gasteiger partial charge in [-0.1, -0.05) is 0 Å². The Morgan fingerprint density at radius 2 is 2.15 bits per heavy atom. The fourth-order valence-corrected chi connectivity index (χ4v) is 3.31. The van der Waals surface area contributed by atoms with Crippen molar-refractivity contribution in [3.63, 3.8) is 0 Å². The molecule has 1 aromatic heterocycles. The average molecular weight is 298 g/mol. The molecular formula is C12H15FN4O2S. The molecule has 20 heavy (non-hydrogen) atoms. The van der Waals surface area contributed by atoms with E-state index in [1.807, 2.05) is 0 Å². The van der Waals surface area contributed by atoms with Crippen molar-refractivity contribution in [1.82, 2.24) is 14.9 Å². The molecule has 1 heterocycles. The minimum atomic E-state index is -3.79. The molecule has 0 radical (unpaired) electrons. The maximum Gasteiger partial charge on any atom is 0.241 e. The highest BCUT2D eigenvalue weighted by molar-refractivity contribution is 7.89. The number of nitrogens with one attached hydrogen (secondary N) is 2. The summed E-state index contributed by atoms with van der Waals surface area (Å²) in [5.74, 6) is -0.635. The van der Waals surface area contributed by atoms with Crippen LogP contribution in [0.1, 0.15) is 24.1 Å². The SMILES string of the molecule is Cc1cc(F)c(N)cc1S(=O)(=O)NC(C)c1cn[nH]c1. The number of hydrogen-bond acceptors (Lipinski definition) is 4. The highest BCUT2D eigenvalue weighted by Crippen LogP contribution is 2.23. The number of sulfonamides is 1. The summed E-state index contributed by atoms with van der Waals surface area (Å²) in [6.07, 6.45) is 3.12. The van der Waals surface area contributed by atoms with Crippen molar-refractivity contribution >= 4 is 15.7 Å². The normalized spacial score (nSPS) is 13.3. The first kappa shape index (κ1) is 14.5. The lowest BCUT2D eigenvalue weighted by Gasteiger charge is -2.14. The summed E-state index contributed by atoms with van der Waals surface area (Å²) in [4.78, 5) is -0.0354. The molecule has 0 fully saturated rings. The summed E-state index contributed by atoms with van der Waals surface area (Å²) < 4.78 is 40.4. The average Bonchev–Trinajstić information content (AvgIpc) is 2.86. The Balaban J connectivity index is 2.34. The van der Waals surface area contributed by atoms with Crippen molar-refractivity contribution in [3.8, 4) is 0 Å². The molecule has 0 aliphatic heterocycles. The van der Waals surface area contributed by atoms with E-state index in [1.165, 1.54) is 13.1 Å². The second kappa shape index (κ2) is 5.22. The van der Waals surface area contributed by atoms with Crippen molar-refractivity contribution in [2.45, 2.75) is 24.8 Å². The number of aromatic nitrogens is 2. The summed E-state index contributed by atoms with van der Waals surface area (Å²) in [6, 6.07) is 1.76. The Morgan fingerprint density at radius 1 is 1.45 bits per heavy atom. The quantitative estimate of drug-likeness (QED) is 0.744.